The van der Waals surface area contributed by atoms with Crippen LogP contribution >= 0.6 is 15.9 Å². The molecule has 0 radical (unpaired) electrons. The van der Waals surface area contributed by atoms with Gasteiger partial charge in [-0.15, -0.1) is 0 Å². The topological polar surface area (TPSA) is 71.3 Å². The molecule has 0 aliphatic carbocycles. The lowest BCUT2D eigenvalue weighted by atomic mass is 10.1. The van der Waals surface area contributed by atoms with Crippen LogP contribution in [0.3, 0.4) is 0 Å². The smallest absolute Gasteiger partial charge is 0.266 e. The van der Waals surface area contributed by atoms with Crippen LogP contribution in [0.25, 0.3) is 6.08 Å². The van der Waals surface area contributed by atoms with Crippen molar-refractivity contribution in [1.29, 1.82) is 5.26 Å². The molecule has 0 aromatic heterocycles. The molecule has 0 saturated heterocycles. The highest BCUT2D eigenvalue weighted by Crippen LogP contribution is 2.31. The normalized spacial score (nSPS) is 10.9. The molecule has 3 aromatic carbocycles. The molecule has 0 spiro atoms. The van der Waals surface area contributed by atoms with Crippen LogP contribution in [0.5, 0.6) is 11.5 Å². The molecule has 33 heavy (non-hydrogen) atoms. The van der Waals surface area contributed by atoms with E-state index in [2.05, 4.69) is 21.2 Å². The highest BCUT2D eigenvalue weighted by Gasteiger charge is 2.13. The second kappa shape index (κ2) is 11.3. The number of anilines is 1. The first kappa shape index (κ1) is 24.1. The molecule has 0 unspecified atom stereocenters. The highest BCUT2D eigenvalue weighted by molar-refractivity contribution is 9.10. The summed E-state index contributed by atoms with van der Waals surface area (Å²) in [7, 11) is 0. The van der Waals surface area contributed by atoms with Crippen LogP contribution in [0.4, 0.5) is 5.69 Å². The van der Waals surface area contributed by atoms with E-state index in [4.69, 9.17) is 9.47 Å². The van der Waals surface area contributed by atoms with Crippen molar-refractivity contribution in [1.82, 2.24) is 0 Å². The first-order valence-corrected chi connectivity index (χ1v) is 11.3. The third-order valence-electron chi connectivity index (χ3n) is 4.91. The minimum Gasteiger partial charge on any atom is -0.490 e. The molecular weight excluding hydrogens is 480 g/mol. The van der Waals surface area contributed by atoms with Crippen molar-refractivity contribution in [3.63, 3.8) is 0 Å². The van der Waals surface area contributed by atoms with Crippen molar-refractivity contribution >= 4 is 33.6 Å². The molecule has 0 heterocycles. The maximum Gasteiger partial charge on any atom is 0.266 e. The lowest BCUT2D eigenvalue weighted by Crippen LogP contribution is -2.14. The molecule has 0 aliphatic heterocycles. The molecule has 5 nitrogen and oxygen atoms in total. The Bertz CT molecular complexity index is 1230. The highest BCUT2D eigenvalue weighted by atomic mass is 79.9. The first-order chi connectivity index (χ1) is 15.9. The van der Waals surface area contributed by atoms with Crippen LogP contribution in [-0.2, 0) is 11.4 Å². The van der Waals surface area contributed by atoms with Gasteiger partial charge in [0, 0.05) is 15.7 Å². The number of nitrogens with one attached hydrogen (secondary N) is 1. The number of benzene rings is 3. The monoisotopic (exact) mass is 504 g/mol. The van der Waals surface area contributed by atoms with Crippen molar-refractivity contribution < 1.29 is 14.3 Å². The average Bonchev–Trinajstić information content (AvgIpc) is 2.80. The number of carbonyl (C=O) groups excluding carboxylic acids is 1. The molecule has 168 valence electrons. The summed E-state index contributed by atoms with van der Waals surface area (Å²) < 4.78 is 12.7. The zero-order valence-electron chi connectivity index (χ0n) is 18.8. The van der Waals surface area contributed by atoms with Crippen LogP contribution in [0.2, 0.25) is 0 Å². The molecule has 0 fully saturated rings. The van der Waals surface area contributed by atoms with Gasteiger partial charge >= 0.3 is 0 Å². The number of nitrogens with zero attached hydrogens (tertiary/aromatic N) is 1. The summed E-state index contributed by atoms with van der Waals surface area (Å²) in [6.45, 7) is 6.62. The SMILES string of the molecule is CCOc1cc(/C=C(\C#N)C(=O)Nc2ccc(C)cc2C)ccc1OCc1ccccc1Br. The maximum absolute atomic E-state index is 12.7. The van der Waals surface area contributed by atoms with E-state index in [-0.39, 0.29) is 5.57 Å². The van der Waals surface area contributed by atoms with E-state index >= 15 is 0 Å². The number of hydrogen-bond donors (Lipinski definition) is 1. The quantitative estimate of drug-likeness (QED) is 0.277. The molecule has 3 rings (SSSR count). The fourth-order valence-electron chi connectivity index (χ4n) is 3.23. The fourth-order valence-corrected chi connectivity index (χ4v) is 3.63. The van der Waals surface area contributed by atoms with E-state index in [1.807, 2.05) is 69.3 Å². The fraction of sp³-hybridized carbons (Fsp3) is 0.185. The molecule has 1 amide bonds. The van der Waals surface area contributed by atoms with Gasteiger partial charge in [0.2, 0.25) is 0 Å². The average molecular weight is 505 g/mol. The first-order valence-electron chi connectivity index (χ1n) is 10.5. The van der Waals surface area contributed by atoms with Crippen LogP contribution in [0, 0.1) is 25.2 Å². The standard InChI is InChI=1S/C27H25BrN2O3/c1-4-32-26-15-20(10-12-25(26)33-17-21-7-5-6-8-23(21)28)14-22(16-29)27(31)30-24-11-9-18(2)13-19(24)3/h5-15H,4,17H2,1-3H3,(H,30,31)/b22-14+. The van der Waals surface area contributed by atoms with Gasteiger partial charge in [0.25, 0.3) is 5.91 Å². The van der Waals surface area contributed by atoms with Gasteiger partial charge in [0.15, 0.2) is 11.5 Å². The Hall–Kier alpha value is -3.56. The second-order valence-electron chi connectivity index (χ2n) is 7.46. The molecular formula is C27H25BrN2O3. The Kier molecular flexibility index (Phi) is 8.28. The van der Waals surface area contributed by atoms with E-state index in [0.717, 1.165) is 21.2 Å². The zero-order chi connectivity index (χ0) is 23.8. The number of rotatable bonds is 8. The molecule has 0 aliphatic rings. The predicted octanol–water partition coefficient (Wildman–Crippen LogP) is 6.59. The van der Waals surface area contributed by atoms with Crippen LogP contribution in [0.15, 0.2) is 70.7 Å². The van der Waals surface area contributed by atoms with Crippen LogP contribution in [-0.4, -0.2) is 12.5 Å². The summed E-state index contributed by atoms with van der Waals surface area (Å²) in [6.07, 6.45) is 1.54. The van der Waals surface area contributed by atoms with Crippen LogP contribution in [0.1, 0.15) is 29.2 Å². The number of carbonyl (C=O) groups is 1. The van der Waals surface area contributed by atoms with E-state index in [1.54, 1.807) is 24.3 Å². The Labute approximate surface area is 202 Å². The van der Waals surface area contributed by atoms with Gasteiger partial charge in [-0.25, -0.2) is 0 Å². The minimum absolute atomic E-state index is 0.000641. The Balaban J connectivity index is 1.80. The van der Waals surface area contributed by atoms with Crippen molar-refractivity contribution in [3.8, 4) is 17.6 Å². The van der Waals surface area contributed by atoms with Gasteiger partial charge in [-0.2, -0.15) is 5.26 Å². The van der Waals surface area contributed by atoms with Gasteiger partial charge in [-0.1, -0.05) is 57.9 Å². The third kappa shape index (κ3) is 6.47. The largest absolute Gasteiger partial charge is 0.490 e. The summed E-state index contributed by atoms with van der Waals surface area (Å²) >= 11 is 3.52. The van der Waals surface area contributed by atoms with Crippen molar-refractivity contribution in [2.75, 3.05) is 11.9 Å². The van der Waals surface area contributed by atoms with Gasteiger partial charge in [0.05, 0.1) is 6.61 Å². The number of hydrogen-bond acceptors (Lipinski definition) is 4. The number of amides is 1. The summed E-state index contributed by atoms with van der Waals surface area (Å²) in [6, 6.07) is 20.9. The summed E-state index contributed by atoms with van der Waals surface area (Å²) in [4.78, 5) is 12.7. The molecule has 1 N–H and O–H groups in total. The predicted molar refractivity (Wildman–Crippen MR) is 134 cm³/mol. The van der Waals surface area contributed by atoms with Crippen molar-refractivity contribution in [3.05, 3.63) is 93.0 Å². The van der Waals surface area contributed by atoms with Gasteiger partial charge in [-0.3, -0.25) is 4.79 Å². The molecule has 0 atom stereocenters. The van der Waals surface area contributed by atoms with Crippen molar-refractivity contribution in [2.45, 2.75) is 27.4 Å². The number of nitriles is 1. The van der Waals surface area contributed by atoms with Gasteiger partial charge in [-0.05, 0) is 62.2 Å². The van der Waals surface area contributed by atoms with E-state index in [1.165, 1.54) is 0 Å². The van der Waals surface area contributed by atoms with E-state index in [9.17, 15) is 10.1 Å². The maximum atomic E-state index is 12.7. The summed E-state index contributed by atoms with van der Waals surface area (Å²) in [5, 5.41) is 12.4. The molecule has 3 aromatic rings. The molecule has 0 saturated carbocycles. The summed E-state index contributed by atoms with van der Waals surface area (Å²) in [5.74, 6) is 0.671. The zero-order valence-corrected chi connectivity index (χ0v) is 20.4. The Morgan fingerprint density at radius 2 is 1.85 bits per heavy atom. The molecule has 0 bridgehead atoms. The second-order valence-corrected chi connectivity index (χ2v) is 8.32. The molecule has 6 heteroatoms. The van der Waals surface area contributed by atoms with E-state index < -0.39 is 5.91 Å². The van der Waals surface area contributed by atoms with Crippen molar-refractivity contribution in [2.24, 2.45) is 0 Å². The number of halogens is 1. The Morgan fingerprint density at radius 3 is 2.55 bits per heavy atom. The Morgan fingerprint density at radius 1 is 1.06 bits per heavy atom. The third-order valence-corrected chi connectivity index (χ3v) is 5.69. The van der Waals surface area contributed by atoms with Gasteiger partial charge < -0.3 is 14.8 Å². The van der Waals surface area contributed by atoms with Gasteiger partial charge in [0.1, 0.15) is 18.2 Å². The summed E-state index contributed by atoms with van der Waals surface area (Å²) in [5.41, 5.74) is 4.40. The number of ether oxygens (including phenoxy) is 2. The number of aryl methyl sites for hydroxylation is 2. The minimum atomic E-state index is -0.461. The van der Waals surface area contributed by atoms with Crippen LogP contribution < -0.4 is 14.8 Å². The lowest BCUT2D eigenvalue weighted by molar-refractivity contribution is -0.112. The van der Waals surface area contributed by atoms with E-state index in [0.29, 0.717) is 36.0 Å². The lowest BCUT2D eigenvalue weighted by Gasteiger charge is -2.13.